The van der Waals surface area contributed by atoms with Crippen molar-refractivity contribution in [1.82, 2.24) is 9.97 Å². The lowest BCUT2D eigenvalue weighted by Crippen LogP contribution is -2.30. The number of rotatable bonds is 7. The summed E-state index contributed by atoms with van der Waals surface area (Å²) < 4.78 is 4.62. The van der Waals surface area contributed by atoms with Crippen molar-refractivity contribution in [3.63, 3.8) is 0 Å². The van der Waals surface area contributed by atoms with Gasteiger partial charge in [0.15, 0.2) is 0 Å². The zero-order chi connectivity index (χ0) is 18.4. The largest absolute Gasteiger partial charge is 0.467 e. The van der Waals surface area contributed by atoms with Crippen LogP contribution in [0.2, 0.25) is 0 Å². The van der Waals surface area contributed by atoms with Gasteiger partial charge >= 0.3 is 11.7 Å². The fourth-order valence-electron chi connectivity index (χ4n) is 2.77. The molecule has 0 unspecified atom stereocenters. The maximum absolute atomic E-state index is 11.5. The van der Waals surface area contributed by atoms with Crippen molar-refractivity contribution in [3.8, 4) is 0 Å². The molecule has 0 saturated heterocycles. The summed E-state index contributed by atoms with van der Waals surface area (Å²) in [5.41, 5.74) is 5.69. The first-order chi connectivity index (χ1) is 11.9. The van der Waals surface area contributed by atoms with E-state index in [-0.39, 0.29) is 23.5 Å². The number of hydrogen-bond donors (Lipinski definition) is 3. The summed E-state index contributed by atoms with van der Waals surface area (Å²) in [7, 11) is 1.28. The van der Waals surface area contributed by atoms with E-state index < -0.39 is 16.9 Å². The van der Waals surface area contributed by atoms with Crippen LogP contribution in [-0.2, 0) is 9.53 Å². The number of ether oxygens (including phenoxy) is 1. The van der Waals surface area contributed by atoms with Gasteiger partial charge in [0.25, 0.3) is 0 Å². The molecule has 1 atom stereocenters. The van der Waals surface area contributed by atoms with E-state index in [0.717, 1.165) is 31.9 Å². The van der Waals surface area contributed by atoms with Gasteiger partial charge in [0.05, 0.1) is 12.0 Å². The number of nitrogens with two attached hydrogens (primary N) is 1. The van der Waals surface area contributed by atoms with Crippen molar-refractivity contribution in [2.75, 3.05) is 24.3 Å². The van der Waals surface area contributed by atoms with Gasteiger partial charge in [-0.2, -0.15) is 4.98 Å². The lowest BCUT2D eigenvalue weighted by Gasteiger charge is -2.26. The number of aromatic nitrogens is 2. The molecule has 0 aromatic carbocycles. The number of hydrogen-bond acceptors (Lipinski definition) is 9. The van der Waals surface area contributed by atoms with Crippen molar-refractivity contribution >= 4 is 23.4 Å². The molecule has 0 bridgehead atoms. The maximum atomic E-state index is 11.5. The molecule has 0 amide bonds. The van der Waals surface area contributed by atoms with E-state index in [4.69, 9.17) is 5.73 Å². The number of nitrogens with one attached hydrogen (secondary N) is 2. The molecule has 1 aromatic rings. The molecular formula is C15H24N6O4. The molecule has 10 heteroatoms. The van der Waals surface area contributed by atoms with E-state index in [9.17, 15) is 14.9 Å². The number of nitro groups is 1. The molecule has 1 fully saturated rings. The predicted octanol–water partition coefficient (Wildman–Crippen LogP) is 1.29. The number of nitrogens with zero attached hydrogens (tertiary/aromatic N) is 3. The van der Waals surface area contributed by atoms with Crippen molar-refractivity contribution in [3.05, 3.63) is 16.3 Å². The molecule has 138 valence electrons. The fraction of sp³-hybridized carbons (Fsp3) is 0.667. The summed E-state index contributed by atoms with van der Waals surface area (Å²) in [6, 6.07) is -0.417. The predicted molar refractivity (Wildman–Crippen MR) is 92.2 cm³/mol. The van der Waals surface area contributed by atoms with Gasteiger partial charge in [-0.3, -0.25) is 10.1 Å². The van der Waals surface area contributed by atoms with Crippen LogP contribution in [0.5, 0.6) is 0 Å². The second-order valence-corrected chi connectivity index (χ2v) is 6.24. The summed E-state index contributed by atoms with van der Waals surface area (Å²) in [6.45, 7) is 2.17. The third kappa shape index (κ3) is 5.24. The Balaban J connectivity index is 2.06. The minimum Gasteiger partial charge on any atom is -0.467 e. The quantitative estimate of drug-likeness (QED) is 0.375. The minimum atomic E-state index is -0.667. The zero-order valence-corrected chi connectivity index (χ0v) is 14.4. The van der Waals surface area contributed by atoms with Crippen LogP contribution in [0.15, 0.2) is 6.20 Å². The third-order valence-corrected chi connectivity index (χ3v) is 4.32. The van der Waals surface area contributed by atoms with Gasteiger partial charge < -0.3 is 21.1 Å². The van der Waals surface area contributed by atoms with Gasteiger partial charge in [-0.1, -0.05) is 0 Å². The standard InChI is InChI=1S/C15H24N6O4/c1-9(14(22)25-2)19-15-18-8-12(21(23)24)13(20-15)17-7-10-3-5-11(16)6-4-10/h8-11H,3-7,16H2,1-2H3,(H2,17,18,19,20)/t9-,10?,11?/m0/s1. The molecule has 10 nitrogen and oxygen atoms in total. The summed E-state index contributed by atoms with van der Waals surface area (Å²) in [4.78, 5) is 30.1. The van der Waals surface area contributed by atoms with Crippen molar-refractivity contribution in [2.24, 2.45) is 11.7 Å². The number of anilines is 2. The van der Waals surface area contributed by atoms with Crippen LogP contribution < -0.4 is 16.4 Å². The summed E-state index contributed by atoms with van der Waals surface area (Å²) in [5.74, 6) is 0.181. The van der Waals surface area contributed by atoms with Gasteiger partial charge in [-0.15, -0.1) is 0 Å². The number of carbonyl (C=O) groups excluding carboxylic acids is 1. The van der Waals surface area contributed by atoms with E-state index in [2.05, 4.69) is 25.3 Å². The fourth-order valence-corrected chi connectivity index (χ4v) is 2.77. The highest BCUT2D eigenvalue weighted by atomic mass is 16.6. The van der Waals surface area contributed by atoms with Crippen LogP contribution >= 0.6 is 0 Å². The highest BCUT2D eigenvalue weighted by Crippen LogP contribution is 2.26. The molecule has 1 aliphatic carbocycles. The molecule has 1 saturated carbocycles. The SMILES string of the molecule is COC(=O)[C@H](C)Nc1ncc([N+](=O)[O-])c(NCC2CCC(N)CC2)n1. The van der Waals surface area contributed by atoms with Crippen molar-refractivity contribution in [2.45, 2.75) is 44.7 Å². The Kier molecular flexibility index (Phi) is 6.45. The Bertz CT molecular complexity index is 618. The zero-order valence-electron chi connectivity index (χ0n) is 14.4. The topological polar surface area (TPSA) is 145 Å². The normalized spacial score (nSPS) is 21.2. The van der Waals surface area contributed by atoms with E-state index in [0.29, 0.717) is 12.5 Å². The Morgan fingerprint density at radius 1 is 1.48 bits per heavy atom. The van der Waals surface area contributed by atoms with Crippen LogP contribution in [0, 0.1) is 16.0 Å². The van der Waals surface area contributed by atoms with Crippen LogP contribution in [-0.4, -0.2) is 46.6 Å². The smallest absolute Gasteiger partial charge is 0.329 e. The first-order valence-electron chi connectivity index (χ1n) is 8.26. The lowest BCUT2D eigenvalue weighted by molar-refractivity contribution is -0.384. The molecule has 0 aliphatic heterocycles. The lowest BCUT2D eigenvalue weighted by atomic mass is 9.86. The van der Waals surface area contributed by atoms with Crippen LogP contribution in [0.4, 0.5) is 17.5 Å². The van der Waals surface area contributed by atoms with E-state index in [1.165, 1.54) is 7.11 Å². The maximum Gasteiger partial charge on any atom is 0.329 e. The Hall–Kier alpha value is -2.49. The average Bonchev–Trinajstić information content (AvgIpc) is 2.60. The van der Waals surface area contributed by atoms with Gasteiger partial charge in [0.2, 0.25) is 11.8 Å². The first kappa shape index (κ1) is 18.8. The molecule has 25 heavy (non-hydrogen) atoms. The summed E-state index contributed by atoms with van der Waals surface area (Å²) in [6.07, 6.45) is 5.01. The highest BCUT2D eigenvalue weighted by Gasteiger charge is 2.22. The summed E-state index contributed by atoms with van der Waals surface area (Å²) in [5, 5.41) is 17.0. The highest BCUT2D eigenvalue weighted by molar-refractivity contribution is 5.78. The molecule has 1 aromatic heterocycles. The molecular weight excluding hydrogens is 328 g/mol. The Morgan fingerprint density at radius 3 is 2.76 bits per heavy atom. The number of esters is 1. The number of carbonyl (C=O) groups is 1. The van der Waals surface area contributed by atoms with Crippen LogP contribution in [0.25, 0.3) is 0 Å². The first-order valence-corrected chi connectivity index (χ1v) is 8.26. The second kappa shape index (κ2) is 8.56. The average molecular weight is 352 g/mol. The van der Waals surface area contributed by atoms with Gasteiger partial charge in [-0.25, -0.2) is 9.78 Å². The van der Waals surface area contributed by atoms with Crippen LogP contribution in [0.3, 0.4) is 0 Å². The Labute approximate surface area is 145 Å². The van der Waals surface area contributed by atoms with Gasteiger partial charge in [0, 0.05) is 12.6 Å². The molecule has 0 radical (unpaired) electrons. The van der Waals surface area contributed by atoms with E-state index in [1.807, 2.05) is 0 Å². The van der Waals surface area contributed by atoms with Crippen molar-refractivity contribution in [1.29, 1.82) is 0 Å². The Morgan fingerprint density at radius 2 is 2.16 bits per heavy atom. The monoisotopic (exact) mass is 352 g/mol. The van der Waals surface area contributed by atoms with Gasteiger partial charge in [-0.05, 0) is 38.5 Å². The minimum absolute atomic E-state index is 0.122. The van der Waals surface area contributed by atoms with Crippen LogP contribution in [0.1, 0.15) is 32.6 Å². The molecule has 4 N–H and O–H groups in total. The second-order valence-electron chi connectivity index (χ2n) is 6.24. The van der Waals surface area contributed by atoms with E-state index >= 15 is 0 Å². The van der Waals surface area contributed by atoms with Crippen molar-refractivity contribution < 1.29 is 14.5 Å². The summed E-state index contributed by atoms with van der Waals surface area (Å²) >= 11 is 0. The molecule has 2 rings (SSSR count). The molecule has 1 heterocycles. The molecule has 1 aliphatic rings. The molecule has 0 spiro atoms. The van der Waals surface area contributed by atoms with E-state index in [1.54, 1.807) is 6.92 Å². The third-order valence-electron chi connectivity index (χ3n) is 4.32. The number of methoxy groups -OCH3 is 1. The van der Waals surface area contributed by atoms with Gasteiger partial charge in [0.1, 0.15) is 12.2 Å².